The lowest BCUT2D eigenvalue weighted by molar-refractivity contribution is -0.115. The van der Waals surface area contributed by atoms with Gasteiger partial charge in [0, 0.05) is 6.54 Å². The first kappa shape index (κ1) is 19.1. The van der Waals surface area contributed by atoms with Crippen LogP contribution < -0.4 is 10.9 Å². The molecule has 1 amide bonds. The monoisotopic (exact) mass is 385 g/mol. The summed E-state index contributed by atoms with van der Waals surface area (Å²) < 4.78 is 15.3. The highest BCUT2D eigenvalue weighted by atomic mass is 32.2. The molecule has 1 aromatic heterocycles. The van der Waals surface area contributed by atoms with E-state index in [2.05, 4.69) is 10.3 Å². The number of amides is 1. The molecule has 5 nitrogen and oxygen atoms in total. The second-order valence-electron chi connectivity index (χ2n) is 6.10. The third-order valence-electron chi connectivity index (χ3n) is 4.06. The molecular weight excluding hydrogens is 365 g/mol. The van der Waals surface area contributed by atoms with Gasteiger partial charge in [-0.1, -0.05) is 43.0 Å². The Morgan fingerprint density at radius 1 is 1.22 bits per heavy atom. The van der Waals surface area contributed by atoms with Crippen LogP contribution in [0.5, 0.6) is 0 Å². The van der Waals surface area contributed by atoms with Gasteiger partial charge in [0.15, 0.2) is 5.16 Å². The number of rotatable bonds is 6. The van der Waals surface area contributed by atoms with Gasteiger partial charge in [-0.15, -0.1) is 0 Å². The summed E-state index contributed by atoms with van der Waals surface area (Å²) in [7, 11) is 0. The van der Waals surface area contributed by atoms with Gasteiger partial charge in [0.05, 0.1) is 21.8 Å². The van der Waals surface area contributed by atoms with E-state index in [-0.39, 0.29) is 17.2 Å². The topological polar surface area (TPSA) is 64.0 Å². The van der Waals surface area contributed by atoms with E-state index in [1.807, 2.05) is 13.0 Å². The van der Waals surface area contributed by atoms with Crippen LogP contribution in [0.1, 0.15) is 20.3 Å². The van der Waals surface area contributed by atoms with Crippen molar-refractivity contribution in [2.45, 2.75) is 37.2 Å². The van der Waals surface area contributed by atoms with Gasteiger partial charge in [0.2, 0.25) is 5.91 Å². The van der Waals surface area contributed by atoms with Crippen LogP contribution in [0.4, 0.5) is 10.1 Å². The van der Waals surface area contributed by atoms with E-state index < -0.39 is 11.1 Å². The molecular formula is C20H20FN3O2S. The molecule has 7 heteroatoms. The third-order valence-corrected chi connectivity index (χ3v) is 5.15. The van der Waals surface area contributed by atoms with Crippen molar-refractivity contribution in [2.24, 2.45) is 0 Å². The maximum atomic E-state index is 13.8. The minimum atomic E-state index is -0.555. The van der Waals surface area contributed by atoms with Crippen molar-refractivity contribution in [2.75, 3.05) is 5.32 Å². The fraction of sp³-hybridized carbons (Fsp3) is 0.250. The number of anilines is 1. The van der Waals surface area contributed by atoms with Gasteiger partial charge in [-0.3, -0.25) is 14.2 Å². The number of benzene rings is 2. The molecule has 1 heterocycles. The zero-order chi connectivity index (χ0) is 19.4. The Bertz CT molecular complexity index is 1040. The summed E-state index contributed by atoms with van der Waals surface area (Å²) in [4.78, 5) is 29.8. The van der Waals surface area contributed by atoms with Crippen molar-refractivity contribution in [3.05, 3.63) is 64.7 Å². The van der Waals surface area contributed by atoms with Crippen LogP contribution in [-0.4, -0.2) is 20.7 Å². The van der Waals surface area contributed by atoms with Crippen molar-refractivity contribution in [1.29, 1.82) is 0 Å². The van der Waals surface area contributed by atoms with Crippen molar-refractivity contribution in [1.82, 2.24) is 9.55 Å². The minimum absolute atomic E-state index is 0.119. The van der Waals surface area contributed by atoms with Crippen molar-refractivity contribution in [3.63, 3.8) is 0 Å². The number of aromatic nitrogens is 2. The van der Waals surface area contributed by atoms with Gasteiger partial charge in [-0.25, -0.2) is 9.37 Å². The molecule has 3 rings (SSSR count). The number of halogens is 1. The van der Waals surface area contributed by atoms with Gasteiger partial charge >= 0.3 is 0 Å². The minimum Gasteiger partial charge on any atom is -0.323 e. The van der Waals surface area contributed by atoms with Crippen molar-refractivity contribution >= 4 is 34.3 Å². The molecule has 0 aliphatic heterocycles. The highest BCUT2D eigenvalue weighted by molar-refractivity contribution is 8.00. The number of nitrogens with one attached hydrogen (secondary N) is 1. The zero-order valence-corrected chi connectivity index (χ0v) is 15.9. The molecule has 27 heavy (non-hydrogen) atoms. The number of fused-ring (bicyclic) bond motifs is 1. The number of carbonyl (C=O) groups excluding carboxylic acids is 1. The Morgan fingerprint density at radius 3 is 2.67 bits per heavy atom. The molecule has 1 N–H and O–H groups in total. The largest absolute Gasteiger partial charge is 0.323 e. The first-order valence-corrected chi connectivity index (χ1v) is 9.61. The summed E-state index contributed by atoms with van der Waals surface area (Å²) in [6.07, 6.45) is 0.767. The molecule has 0 spiro atoms. The third kappa shape index (κ3) is 4.19. The predicted molar refractivity (Wildman–Crippen MR) is 107 cm³/mol. The van der Waals surface area contributed by atoms with Crippen LogP contribution in [0.2, 0.25) is 0 Å². The molecule has 1 atom stereocenters. The van der Waals surface area contributed by atoms with Crippen LogP contribution in [0.15, 0.2) is 58.5 Å². The summed E-state index contributed by atoms with van der Waals surface area (Å²) >= 11 is 1.19. The first-order chi connectivity index (χ1) is 13.0. The number of carbonyl (C=O) groups is 1. The van der Waals surface area contributed by atoms with Crippen LogP contribution >= 0.6 is 11.8 Å². The quantitative estimate of drug-likeness (QED) is 0.513. The van der Waals surface area contributed by atoms with Crippen molar-refractivity contribution in [3.8, 4) is 0 Å². The summed E-state index contributed by atoms with van der Waals surface area (Å²) in [5.74, 6) is -0.842. The second kappa shape index (κ2) is 8.35. The molecule has 3 aromatic rings. The standard InChI is InChI=1S/C20H20FN3O2S/c1-3-12-24-19(26)14-8-4-6-10-16(14)23-20(24)27-13(2)18(25)22-17-11-7-5-9-15(17)21/h4-11,13H,3,12H2,1-2H3,(H,22,25)/t13-/m1/s1. The molecule has 140 valence electrons. The van der Waals surface area contributed by atoms with E-state index in [1.54, 1.807) is 41.8 Å². The maximum Gasteiger partial charge on any atom is 0.262 e. The van der Waals surface area contributed by atoms with Gasteiger partial charge < -0.3 is 5.32 Å². The fourth-order valence-corrected chi connectivity index (χ4v) is 3.60. The average molecular weight is 385 g/mol. The van der Waals surface area contributed by atoms with Crippen LogP contribution in [0.25, 0.3) is 10.9 Å². The Kier molecular flexibility index (Phi) is 5.91. The number of thioether (sulfide) groups is 1. The molecule has 0 aliphatic rings. The normalized spacial score (nSPS) is 12.1. The van der Waals surface area contributed by atoms with E-state index in [9.17, 15) is 14.0 Å². The van der Waals surface area contributed by atoms with Gasteiger partial charge in [0.25, 0.3) is 5.56 Å². The molecule has 0 aliphatic carbocycles. The van der Waals surface area contributed by atoms with E-state index in [0.717, 1.165) is 6.42 Å². The summed E-state index contributed by atoms with van der Waals surface area (Å²) in [5.41, 5.74) is 0.609. The van der Waals surface area contributed by atoms with E-state index in [4.69, 9.17) is 0 Å². The van der Waals surface area contributed by atoms with Crippen LogP contribution in [0.3, 0.4) is 0 Å². The summed E-state index contributed by atoms with van der Waals surface area (Å²) in [5, 5.41) is 3.07. The Hall–Kier alpha value is -2.67. The molecule has 2 aromatic carbocycles. The van der Waals surface area contributed by atoms with Crippen molar-refractivity contribution < 1.29 is 9.18 Å². The molecule has 0 fully saturated rings. The number of hydrogen-bond acceptors (Lipinski definition) is 4. The lowest BCUT2D eigenvalue weighted by atomic mass is 10.2. The predicted octanol–water partition coefficient (Wildman–Crippen LogP) is 4.06. The van der Waals surface area contributed by atoms with E-state index >= 15 is 0 Å². The molecule has 0 bridgehead atoms. The van der Waals surface area contributed by atoms with Gasteiger partial charge in [0.1, 0.15) is 5.82 Å². The smallest absolute Gasteiger partial charge is 0.262 e. The molecule has 0 unspecified atom stereocenters. The highest BCUT2D eigenvalue weighted by Crippen LogP contribution is 2.24. The molecule has 0 saturated carbocycles. The van der Waals surface area contributed by atoms with Gasteiger partial charge in [-0.2, -0.15) is 0 Å². The van der Waals surface area contributed by atoms with E-state index in [0.29, 0.717) is 22.6 Å². The lowest BCUT2D eigenvalue weighted by Crippen LogP contribution is -2.27. The second-order valence-corrected chi connectivity index (χ2v) is 7.41. The lowest BCUT2D eigenvalue weighted by Gasteiger charge is -2.16. The van der Waals surface area contributed by atoms with Crippen LogP contribution in [-0.2, 0) is 11.3 Å². The number of nitrogens with zero attached hydrogens (tertiary/aromatic N) is 2. The summed E-state index contributed by atoms with van der Waals surface area (Å²) in [6.45, 7) is 4.20. The van der Waals surface area contributed by atoms with E-state index in [1.165, 1.54) is 23.9 Å². The SMILES string of the molecule is CCCn1c(S[C@H](C)C(=O)Nc2ccccc2F)nc2ccccc2c1=O. The van der Waals surface area contributed by atoms with Crippen LogP contribution in [0, 0.1) is 5.82 Å². The summed E-state index contributed by atoms with van der Waals surface area (Å²) in [6, 6.07) is 13.2. The molecule has 0 saturated heterocycles. The Morgan fingerprint density at radius 2 is 1.93 bits per heavy atom. The Labute approximate surface area is 160 Å². The highest BCUT2D eigenvalue weighted by Gasteiger charge is 2.20. The average Bonchev–Trinajstić information content (AvgIpc) is 2.66. The zero-order valence-electron chi connectivity index (χ0n) is 15.1. The molecule has 0 radical (unpaired) electrons. The maximum absolute atomic E-state index is 13.8. The first-order valence-electron chi connectivity index (χ1n) is 8.73. The van der Waals surface area contributed by atoms with Gasteiger partial charge in [-0.05, 0) is 37.6 Å². The number of hydrogen-bond donors (Lipinski definition) is 1. The fourth-order valence-electron chi connectivity index (χ4n) is 2.67. The number of para-hydroxylation sites is 2. The Balaban J connectivity index is 1.88.